The topological polar surface area (TPSA) is 80.1 Å². The van der Waals surface area contributed by atoms with Gasteiger partial charge >= 0.3 is 12.0 Å². The Morgan fingerprint density at radius 1 is 1.03 bits per heavy atom. The molecule has 2 fully saturated rings. The molecule has 2 aromatic rings. The van der Waals surface area contributed by atoms with Crippen molar-refractivity contribution in [3.8, 4) is 0 Å². The predicted octanol–water partition coefficient (Wildman–Crippen LogP) is 2.77. The van der Waals surface area contributed by atoms with Crippen LogP contribution in [0.5, 0.6) is 0 Å². The number of carbonyl (C=O) groups excluding carboxylic acids is 2. The number of rotatable bonds is 4. The first-order valence-electron chi connectivity index (χ1n) is 11.9. The van der Waals surface area contributed by atoms with Gasteiger partial charge in [-0.05, 0) is 51.0 Å². The van der Waals surface area contributed by atoms with E-state index in [2.05, 4.69) is 40.0 Å². The molecule has 0 aliphatic carbocycles. The number of aromatic nitrogens is 2. The molecule has 0 atom stereocenters. The van der Waals surface area contributed by atoms with Gasteiger partial charge in [-0.1, -0.05) is 12.1 Å². The molecule has 0 bridgehead atoms. The van der Waals surface area contributed by atoms with Crippen LogP contribution >= 0.6 is 0 Å². The molecular formula is C25H35N5O4. The molecule has 0 unspecified atom stereocenters. The lowest BCUT2D eigenvalue weighted by molar-refractivity contribution is 0.00623. The van der Waals surface area contributed by atoms with Crippen molar-refractivity contribution >= 4 is 17.7 Å². The number of piperazine rings is 1. The van der Waals surface area contributed by atoms with Crippen molar-refractivity contribution in [1.29, 1.82) is 0 Å². The van der Waals surface area contributed by atoms with E-state index >= 15 is 0 Å². The highest BCUT2D eigenvalue weighted by molar-refractivity contribution is 5.88. The summed E-state index contributed by atoms with van der Waals surface area (Å²) in [6.07, 6.45) is 1.52. The van der Waals surface area contributed by atoms with Gasteiger partial charge in [-0.3, -0.25) is 4.90 Å². The van der Waals surface area contributed by atoms with E-state index in [4.69, 9.17) is 9.47 Å². The zero-order valence-corrected chi connectivity index (χ0v) is 20.6. The summed E-state index contributed by atoms with van der Waals surface area (Å²) < 4.78 is 12.1. The Hall–Kier alpha value is -2.91. The Balaban J connectivity index is 1.34. The van der Waals surface area contributed by atoms with Crippen molar-refractivity contribution in [3.63, 3.8) is 0 Å². The molecule has 0 N–H and O–H groups in total. The molecule has 1 amide bonds. The molecule has 0 saturated carbocycles. The molecule has 2 aliphatic heterocycles. The van der Waals surface area contributed by atoms with Crippen LogP contribution in [0.3, 0.4) is 0 Å². The summed E-state index contributed by atoms with van der Waals surface area (Å²) in [5.74, 6) is -0.530. The first-order valence-corrected chi connectivity index (χ1v) is 11.9. The molecule has 0 spiro atoms. The summed E-state index contributed by atoms with van der Waals surface area (Å²) in [6.45, 7) is 14.5. The van der Waals surface area contributed by atoms with E-state index in [1.807, 2.05) is 0 Å². The Bertz CT molecular complexity index is 1010. The summed E-state index contributed by atoms with van der Waals surface area (Å²) >= 11 is 0. The average molecular weight is 470 g/mol. The van der Waals surface area contributed by atoms with Gasteiger partial charge in [0.15, 0.2) is 5.69 Å². The molecule has 4 rings (SSSR count). The van der Waals surface area contributed by atoms with Gasteiger partial charge in [-0.15, -0.1) is 0 Å². The monoisotopic (exact) mass is 469 g/mol. The van der Waals surface area contributed by atoms with E-state index in [9.17, 15) is 9.59 Å². The molecule has 1 aromatic heterocycles. The molecule has 9 heteroatoms. The van der Waals surface area contributed by atoms with Crippen LogP contribution in [0.4, 0.5) is 10.5 Å². The number of aryl methyl sites for hydroxylation is 1. The van der Waals surface area contributed by atoms with Gasteiger partial charge in [-0.25, -0.2) is 9.59 Å². The molecule has 0 radical (unpaired) electrons. The molecule has 9 nitrogen and oxygen atoms in total. The Morgan fingerprint density at radius 2 is 1.74 bits per heavy atom. The van der Waals surface area contributed by atoms with Gasteiger partial charge in [0.25, 0.3) is 0 Å². The second kappa shape index (κ2) is 10.1. The third-order valence-electron chi connectivity index (χ3n) is 6.02. The van der Waals surface area contributed by atoms with Gasteiger partial charge in [0.05, 0.1) is 13.2 Å². The number of hydrogen-bond acceptors (Lipinski definition) is 7. The maximum absolute atomic E-state index is 12.9. The molecule has 1 aromatic carbocycles. The highest BCUT2D eigenvalue weighted by atomic mass is 16.6. The van der Waals surface area contributed by atoms with E-state index in [1.165, 1.54) is 33.8 Å². The van der Waals surface area contributed by atoms with Crippen LogP contribution in [0.2, 0.25) is 0 Å². The highest BCUT2D eigenvalue weighted by Gasteiger charge is 2.26. The van der Waals surface area contributed by atoms with Crippen molar-refractivity contribution in [2.24, 2.45) is 0 Å². The number of anilines is 1. The Labute approximate surface area is 201 Å². The fourth-order valence-electron chi connectivity index (χ4n) is 4.26. The lowest BCUT2D eigenvalue weighted by Crippen LogP contribution is -2.49. The highest BCUT2D eigenvalue weighted by Crippen LogP contribution is 2.25. The second-order valence-electron chi connectivity index (χ2n) is 9.92. The van der Waals surface area contributed by atoms with Crippen LogP contribution in [-0.2, 0) is 16.0 Å². The van der Waals surface area contributed by atoms with Crippen LogP contribution in [-0.4, -0.2) is 89.7 Å². The number of benzene rings is 1. The van der Waals surface area contributed by atoms with E-state index < -0.39 is 11.6 Å². The number of esters is 1. The number of hydrogen-bond donors (Lipinski definition) is 0. The summed E-state index contributed by atoms with van der Waals surface area (Å²) in [5.41, 5.74) is 3.37. The quantitative estimate of drug-likeness (QED) is 0.637. The SMILES string of the molecule is Cc1ccc(CN2CCN(C(=O)n3ccc(C(=O)OC(C)(C)C)n3)CC2)c(N2CCOCC2)c1. The third kappa shape index (κ3) is 5.95. The first kappa shape index (κ1) is 24.2. The summed E-state index contributed by atoms with van der Waals surface area (Å²) in [7, 11) is 0. The summed E-state index contributed by atoms with van der Waals surface area (Å²) in [6, 6.07) is 7.95. The van der Waals surface area contributed by atoms with Gasteiger partial charge in [-0.2, -0.15) is 9.78 Å². The van der Waals surface area contributed by atoms with Crippen molar-refractivity contribution < 1.29 is 19.1 Å². The first-order chi connectivity index (χ1) is 16.2. The normalized spacial score (nSPS) is 17.6. The second-order valence-corrected chi connectivity index (χ2v) is 9.92. The summed E-state index contributed by atoms with van der Waals surface area (Å²) in [4.78, 5) is 31.7. The number of amides is 1. The van der Waals surface area contributed by atoms with Gasteiger partial charge in [0.1, 0.15) is 5.60 Å². The van der Waals surface area contributed by atoms with Crippen LogP contribution in [0.25, 0.3) is 0 Å². The average Bonchev–Trinajstić information content (AvgIpc) is 3.30. The van der Waals surface area contributed by atoms with Crippen molar-refractivity contribution in [1.82, 2.24) is 19.6 Å². The minimum absolute atomic E-state index is 0.136. The standard InChI is InChI=1S/C25H35N5O4/c1-19-5-6-20(22(17-19)28-13-15-33-16-14-28)18-27-9-11-29(12-10-27)24(32)30-8-7-21(26-30)23(31)34-25(2,3)4/h5-8,17H,9-16,18H2,1-4H3. The molecule has 34 heavy (non-hydrogen) atoms. The van der Waals surface area contributed by atoms with Gasteiger partial charge in [0, 0.05) is 57.7 Å². The molecule has 2 saturated heterocycles. The van der Waals surface area contributed by atoms with Gasteiger partial charge < -0.3 is 19.3 Å². The smallest absolute Gasteiger partial charge is 0.359 e. The predicted molar refractivity (Wildman–Crippen MR) is 129 cm³/mol. The van der Waals surface area contributed by atoms with Crippen LogP contribution in [0, 0.1) is 6.92 Å². The van der Waals surface area contributed by atoms with Crippen LogP contribution in [0.15, 0.2) is 30.5 Å². The Kier molecular flexibility index (Phi) is 7.23. The zero-order chi connectivity index (χ0) is 24.3. The lowest BCUT2D eigenvalue weighted by atomic mass is 10.1. The number of nitrogens with zero attached hydrogens (tertiary/aromatic N) is 5. The maximum Gasteiger partial charge on any atom is 0.359 e. The summed E-state index contributed by atoms with van der Waals surface area (Å²) in [5, 5.41) is 4.15. The van der Waals surface area contributed by atoms with E-state index in [-0.39, 0.29) is 11.7 Å². The van der Waals surface area contributed by atoms with Crippen molar-refractivity contribution in [3.05, 3.63) is 47.3 Å². The van der Waals surface area contributed by atoms with Crippen LogP contribution < -0.4 is 4.90 Å². The fraction of sp³-hybridized carbons (Fsp3) is 0.560. The van der Waals surface area contributed by atoms with E-state index in [1.54, 1.807) is 25.7 Å². The van der Waals surface area contributed by atoms with E-state index in [0.29, 0.717) is 13.1 Å². The third-order valence-corrected chi connectivity index (χ3v) is 6.02. The minimum atomic E-state index is -0.611. The molecule has 2 aliphatic rings. The lowest BCUT2D eigenvalue weighted by Gasteiger charge is -2.36. The minimum Gasteiger partial charge on any atom is -0.455 e. The maximum atomic E-state index is 12.9. The zero-order valence-electron chi connectivity index (χ0n) is 20.6. The number of carbonyl (C=O) groups is 2. The van der Waals surface area contributed by atoms with E-state index in [0.717, 1.165) is 45.9 Å². The molecule has 184 valence electrons. The number of ether oxygens (including phenoxy) is 2. The van der Waals surface area contributed by atoms with Crippen molar-refractivity contribution in [2.45, 2.75) is 39.8 Å². The number of morpholine rings is 1. The van der Waals surface area contributed by atoms with Crippen molar-refractivity contribution in [2.75, 3.05) is 57.4 Å². The fourth-order valence-corrected chi connectivity index (χ4v) is 4.26. The molecular weight excluding hydrogens is 434 g/mol. The van der Waals surface area contributed by atoms with Crippen LogP contribution in [0.1, 0.15) is 42.4 Å². The molecule has 3 heterocycles. The Morgan fingerprint density at radius 3 is 2.41 bits per heavy atom. The van der Waals surface area contributed by atoms with Gasteiger partial charge in [0.2, 0.25) is 0 Å². The largest absolute Gasteiger partial charge is 0.455 e.